The minimum atomic E-state index is -4.81. The molecular weight excluding hydrogens is 543 g/mol. The average Bonchev–Trinajstić information content (AvgIpc) is 2.86. The zero-order valence-electron chi connectivity index (χ0n) is 22.7. The number of fused-ring (bicyclic) bond motifs is 1. The van der Waals surface area contributed by atoms with Crippen LogP contribution in [-0.2, 0) is 17.6 Å². The Labute approximate surface area is 234 Å². The fourth-order valence-corrected chi connectivity index (χ4v) is 5.02. The Morgan fingerprint density at radius 2 is 1.98 bits per heavy atom. The van der Waals surface area contributed by atoms with E-state index in [9.17, 15) is 27.9 Å². The summed E-state index contributed by atoms with van der Waals surface area (Å²) in [6.07, 6.45) is -0.219. The number of hydrogen-bond acceptors (Lipinski definition) is 6. The van der Waals surface area contributed by atoms with Gasteiger partial charge in [-0.05, 0) is 62.6 Å². The Kier molecular flexibility index (Phi) is 9.52. The number of halogens is 3. The average molecular weight is 574 g/mol. The normalized spacial score (nSPS) is 13.3. The van der Waals surface area contributed by atoms with E-state index in [0.717, 1.165) is 5.56 Å². The van der Waals surface area contributed by atoms with Crippen molar-refractivity contribution in [1.82, 2.24) is 14.9 Å². The molecule has 1 atom stereocenters. The van der Waals surface area contributed by atoms with Crippen LogP contribution in [-0.4, -0.2) is 27.0 Å². The lowest BCUT2D eigenvalue weighted by Gasteiger charge is -2.20. The van der Waals surface area contributed by atoms with Crippen LogP contribution < -0.4 is 15.6 Å². The lowest BCUT2D eigenvalue weighted by molar-refractivity contribution is -0.274. The number of aromatic nitrogens is 2. The number of nitrogens with zero attached hydrogens (tertiary/aromatic N) is 2. The van der Waals surface area contributed by atoms with Crippen LogP contribution in [0.25, 0.3) is 10.9 Å². The van der Waals surface area contributed by atoms with E-state index in [1.165, 1.54) is 35.4 Å². The number of alkyl halides is 3. The third kappa shape index (κ3) is 7.15. The standard InChI is InChI=1S/C29H30F3N3O4S/c1-7-9-23(20(8-2)27(37)38)33-18(5)21-12-16(3)13-22-25(21)34-28(35(6)26(22)36)40-15-19-11-10-17(4)24(14-19)39-29(30,31)32/h7-14,18,33H,2,15H2,1,3-6H3,(H,37,38)/b9-7-,23-20-. The minimum absolute atomic E-state index is 0.00556. The molecule has 11 heteroatoms. The molecule has 0 aliphatic heterocycles. The molecule has 0 fully saturated rings. The van der Waals surface area contributed by atoms with Gasteiger partial charge in [-0.15, -0.1) is 13.2 Å². The lowest BCUT2D eigenvalue weighted by atomic mass is 10.0. The highest BCUT2D eigenvalue weighted by Crippen LogP contribution is 2.31. The molecule has 1 unspecified atom stereocenters. The van der Waals surface area contributed by atoms with E-state index in [1.807, 2.05) is 19.9 Å². The molecule has 2 aromatic carbocycles. The first-order valence-electron chi connectivity index (χ1n) is 12.2. The molecule has 3 rings (SSSR count). The van der Waals surface area contributed by atoms with Gasteiger partial charge in [0.05, 0.1) is 22.5 Å². The van der Waals surface area contributed by atoms with E-state index in [2.05, 4.69) is 16.6 Å². The third-order valence-electron chi connectivity index (χ3n) is 6.06. The topological polar surface area (TPSA) is 93.5 Å². The van der Waals surface area contributed by atoms with Gasteiger partial charge < -0.3 is 15.2 Å². The van der Waals surface area contributed by atoms with E-state index in [0.29, 0.717) is 38.4 Å². The number of aryl methyl sites for hydroxylation is 2. The van der Waals surface area contributed by atoms with Gasteiger partial charge in [0, 0.05) is 24.1 Å². The molecule has 2 N–H and O–H groups in total. The number of ether oxygens (including phenoxy) is 1. The van der Waals surface area contributed by atoms with E-state index >= 15 is 0 Å². The smallest absolute Gasteiger partial charge is 0.478 e. The highest BCUT2D eigenvalue weighted by Gasteiger charge is 2.31. The van der Waals surface area contributed by atoms with Gasteiger partial charge in [-0.2, -0.15) is 0 Å². The number of hydrogen-bond donors (Lipinski definition) is 2. The number of carbonyl (C=O) groups is 1. The number of nitrogens with one attached hydrogen (secondary N) is 1. The van der Waals surface area contributed by atoms with Crippen LogP contribution in [0.2, 0.25) is 0 Å². The molecule has 212 valence electrons. The number of allylic oxidation sites excluding steroid dienone is 2. The summed E-state index contributed by atoms with van der Waals surface area (Å²) in [4.78, 5) is 29.8. The molecule has 0 bridgehead atoms. The largest absolute Gasteiger partial charge is 0.573 e. The summed E-state index contributed by atoms with van der Waals surface area (Å²) in [5, 5.41) is 13.6. The molecule has 3 aromatic rings. The molecule has 0 spiro atoms. The monoisotopic (exact) mass is 573 g/mol. The first-order valence-corrected chi connectivity index (χ1v) is 13.2. The second-order valence-corrected chi connectivity index (χ2v) is 10.1. The van der Waals surface area contributed by atoms with Crippen LogP contribution in [0.15, 0.2) is 76.4 Å². The third-order valence-corrected chi connectivity index (χ3v) is 7.16. The molecule has 0 aliphatic rings. The number of thioether (sulfide) groups is 1. The fourth-order valence-electron chi connectivity index (χ4n) is 4.11. The predicted octanol–water partition coefficient (Wildman–Crippen LogP) is 6.49. The zero-order chi connectivity index (χ0) is 29.8. The van der Waals surface area contributed by atoms with Crippen molar-refractivity contribution in [2.24, 2.45) is 7.05 Å². The van der Waals surface area contributed by atoms with E-state index in [1.54, 1.807) is 44.3 Å². The first kappa shape index (κ1) is 30.6. The van der Waals surface area contributed by atoms with Crippen LogP contribution in [0, 0.1) is 13.8 Å². The van der Waals surface area contributed by atoms with Gasteiger partial charge in [0.25, 0.3) is 5.56 Å². The predicted molar refractivity (Wildman–Crippen MR) is 150 cm³/mol. The Hall–Kier alpha value is -3.99. The van der Waals surface area contributed by atoms with Crippen molar-refractivity contribution in [2.75, 3.05) is 0 Å². The molecule has 1 heterocycles. The number of carboxylic acids is 1. The van der Waals surface area contributed by atoms with Crippen LogP contribution in [0.1, 0.15) is 42.1 Å². The summed E-state index contributed by atoms with van der Waals surface area (Å²) in [5.41, 5.74) is 2.92. The maximum absolute atomic E-state index is 13.3. The second-order valence-electron chi connectivity index (χ2n) is 9.15. The molecular formula is C29H30F3N3O4S. The van der Waals surface area contributed by atoms with Crippen LogP contribution in [0.5, 0.6) is 5.75 Å². The quantitative estimate of drug-likeness (QED) is 0.124. The van der Waals surface area contributed by atoms with Crippen LogP contribution >= 0.6 is 11.8 Å². The van der Waals surface area contributed by atoms with Crippen molar-refractivity contribution in [3.8, 4) is 5.75 Å². The van der Waals surface area contributed by atoms with Gasteiger partial charge >= 0.3 is 12.3 Å². The van der Waals surface area contributed by atoms with E-state index in [-0.39, 0.29) is 22.6 Å². The molecule has 1 aromatic heterocycles. The highest BCUT2D eigenvalue weighted by atomic mass is 32.2. The van der Waals surface area contributed by atoms with Gasteiger partial charge in [0.1, 0.15) is 5.75 Å². The van der Waals surface area contributed by atoms with Gasteiger partial charge in [0.15, 0.2) is 5.16 Å². The number of aliphatic carboxylic acids is 1. The molecule has 0 aliphatic carbocycles. The molecule has 0 amide bonds. The van der Waals surface area contributed by atoms with Crippen molar-refractivity contribution < 1.29 is 27.8 Å². The van der Waals surface area contributed by atoms with Crippen molar-refractivity contribution in [3.05, 3.63) is 99.0 Å². The number of benzene rings is 2. The Morgan fingerprint density at radius 3 is 2.58 bits per heavy atom. The zero-order valence-corrected chi connectivity index (χ0v) is 23.5. The number of rotatable bonds is 10. The Morgan fingerprint density at radius 1 is 1.27 bits per heavy atom. The minimum Gasteiger partial charge on any atom is -0.478 e. The van der Waals surface area contributed by atoms with Crippen molar-refractivity contribution >= 4 is 28.6 Å². The van der Waals surface area contributed by atoms with Crippen LogP contribution in [0.4, 0.5) is 13.2 Å². The molecule has 0 saturated carbocycles. The summed E-state index contributed by atoms with van der Waals surface area (Å²) in [6, 6.07) is 7.74. The van der Waals surface area contributed by atoms with Gasteiger partial charge in [-0.3, -0.25) is 9.36 Å². The Balaban J connectivity index is 2.04. The van der Waals surface area contributed by atoms with Gasteiger partial charge in [-0.25, -0.2) is 9.78 Å². The van der Waals surface area contributed by atoms with Gasteiger partial charge in [0.2, 0.25) is 0 Å². The summed E-state index contributed by atoms with van der Waals surface area (Å²) in [5.74, 6) is -1.18. The molecule has 0 saturated heterocycles. The van der Waals surface area contributed by atoms with Crippen molar-refractivity contribution in [3.63, 3.8) is 0 Å². The maximum Gasteiger partial charge on any atom is 0.573 e. The molecule has 40 heavy (non-hydrogen) atoms. The molecule has 0 radical (unpaired) electrons. The summed E-state index contributed by atoms with van der Waals surface area (Å²) in [6.45, 7) is 10.6. The van der Waals surface area contributed by atoms with Crippen molar-refractivity contribution in [2.45, 2.75) is 51.0 Å². The van der Waals surface area contributed by atoms with Crippen LogP contribution in [0.3, 0.4) is 0 Å². The Bertz CT molecular complexity index is 1580. The van der Waals surface area contributed by atoms with E-state index in [4.69, 9.17) is 4.98 Å². The van der Waals surface area contributed by atoms with Crippen molar-refractivity contribution in [1.29, 1.82) is 0 Å². The second kappa shape index (κ2) is 12.5. The lowest BCUT2D eigenvalue weighted by Crippen LogP contribution is -2.24. The summed E-state index contributed by atoms with van der Waals surface area (Å²) >= 11 is 1.20. The summed E-state index contributed by atoms with van der Waals surface area (Å²) < 4.78 is 43.9. The SMILES string of the molecule is C=C/C(C(=O)O)=C(\C=C/C)NC(C)c1cc(C)cc2c(=O)n(C)c(SCc3ccc(C)c(OC(F)(F)F)c3)nc12. The molecule has 7 nitrogen and oxygen atoms in total. The van der Waals surface area contributed by atoms with Gasteiger partial charge in [-0.1, -0.05) is 48.7 Å². The number of carboxylic acid groups (broad SMARTS) is 1. The highest BCUT2D eigenvalue weighted by molar-refractivity contribution is 7.98. The van der Waals surface area contributed by atoms with E-state index < -0.39 is 18.4 Å². The first-order chi connectivity index (χ1) is 18.7. The fraction of sp³-hybridized carbons (Fsp3) is 0.276. The summed E-state index contributed by atoms with van der Waals surface area (Å²) in [7, 11) is 1.59. The maximum atomic E-state index is 13.3.